The summed E-state index contributed by atoms with van der Waals surface area (Å²) in [5.41, 5.74) is 3.12. The van der Waals surface area contributed by atoms with Gasteiger partial charge in [-0.1, -0.05) is 42.5 Å². The number of Topliss-reactive ketones (excluding diaryl/α,β-unsaturated/α-hetero) is 1. The van der Waals surface area contributed by atoms with Crippen LogP contribution in [-0.4, -0.2) is 28.4 Å². The molecule has 1 aliphatic rings. The highest BCUT2D eigenvalue weighted by molar-refractivity contribution is 6.51. The van der Waals surface area contributed by atoms with Gasteiger partial charge >= 0.3 is 0 Å². The Morgan fingerprint density at radius 1 is 0.923 bits per heavy atom. The molecule has 1 fully saturated rings. The Labute approximate surface area is 227 Å². The Kier molecular flexibility index (Phi) is 7.41. The average molecular weight is 521 g/mol. The second-order valence-electron chi connectivity index (χ2n) is 9.11. The van der Waals surface area contributed by atoms with E-state index < -0.39 is 17.7 Å². The molecule has 5 rings (SSSR count). The van der Waals surface area contributed by atoms with Gasteiger partial charge in [0.25, 0.3) is 11.7 Å². The SMILES string of the molecule is CCOc1cccc(N2C(=O)C(=O)/C(=C(/O)c3ccc(OCc4ccccc4)c(C)c3)C2c2ccccn2)c1. The first-order chi connectivity index (χ1) is 19.0. The van der Waals surface area contributed by atoms with Crippen molar-refractivity contribution in [1.82, 2.24) is 4.98 Å². The van der Waals surface area contributed by atoms with E-state index in [0.29, 0.717) is 41.7 Å². The average Bonchev–Trinajstić information content (AvgIpc) is 3.23. The number of carbonyl (C=O) groups excluding carboxylic acids is 2. The monoisotopic (exact) mass is 520 g/mol. The summed E-state index contributed by atoms with van der Waals surface area (Å²) in [5.74, 6) is -0.583. The Bertz CT molecular complexity index is 1530. The summed E-state index contributed by atoms with van der Waals surface area (Å²) in [4.78, 5) is 32.6. The fraction of sp³-hybridized carbons (Fsp3) is 0.156. The molecule has 4 aromatic rings. The Hall–Kier alpha value is -4.91. The number of pyridine rings is 1. The van der Waals surface area contributed by atoms with Gasteiger partial charge in [-0.3, -0.25) is 19.5 Å². The molecule has 1 saturated heterocycles. The van der Waals surface area contributed by atoms with E-state index in [1.54, 1.807) is 66.9 Å². The van der Waals surface area contributed by atoms with E-state index in [0.717, 1.165) is 11.1 Å². The molecule has 0 aliphatic carbocycles. The van der Waals surface area contributed by atoms with Crippen molar-refractivity contribution in [3.63, 3.8) is 0 Å². The molecule has 0 bridgehead atoms. The minimum Gasteiger partial charge on any atom is -0.507 e. The zero-order valence-corrected chi connectivity index (χ0v) is 21.7. The standard InChI is InChI=1S/C32H28N2O5/c1-3-38-25-13-9-12-24(19-25)34-29(26-14-7-8-17-33-26)28(31(36)32(34)37)30(35)23-15-16-27(21(2)18-23)39-20-22-10-5-4-6-11-22/h4-19,29,35H,3,20H2,1-2H3/b30-28+. The summed E-state index contributed by atoms with van der Waals surface area (Å²) in [5, 5.41) is 11.5. The molecule has 39 heavy (non-hydrogen) atoms. The second kappa shape index (κ2) is 11.2. The number of aliphatic hydroxyl groups excluding tert-OH is 1. The number of aliphatic hydroxyl groups is 1. The van der Waals surface area contributed by atoms with Crippen LogP contribution in [-0.2, 0) is 16.2 Å². The summed E-state index contributed by atoms with van der Waals surface area (Å²) < 4.78 is 11.6. The van der Waals surface area contributed by atoms with Crippen LogP contribution in [0.25, 0.3) is 5.76 Å². The lowest BCUT2D eigenvalue weighted by Gasteiger charge is -2.25. The number of anilines is 1. The fourth-order valence-electron chi connectivity index (χ4n) is 4.66. The fourth-order valence-corrected chi connectivity index (χ4v) is 4.66. The van der Waals surface area contributed by atoms with E-state index in [2.05, 4.69) is 4.98 Å². The van der Waals surface area contributed by atoms with Gasteiger partial charge in [0.15, 0.2) is 0 Å². The maximum atomic E-state index is 13.4. The molecule has 3 aromatic carbocycles. The number of ether oxygens (including phenoxy) is 2. The Morgan fingerprint density at radius 3 is 2.44 bits per heavy atom. The summed E-state index contributed by atoms with van der Waals surface area (Å²) in [6, 6.07) is 26.3. The Balaban J connectivity index is 1.54. The molecule has 1 unspecified atom stereocenters. The molecular formula is C32H28N2O5. The van der Waals surface area contributed by atoms with E-state index in [9.17, 15) is 14.7 Å². The van der Waals surface area contributed by atoms with Crippen LogP contribution in [0.5, 0.6) is 11.5 Å². The van der Waals surface area contributed by atoms with Gasteiger partial charge < -0.3 is 14.6 Å². The third kappa shape index (κ3) is 5.25. The molecule has 1 aliphatic heterocycles. The van der Waals surface area contributed by atoms with Gasteiger partial charge in [-0.2, -0.15) is 0 Å². The Morgan fingerprint density at radius 2 is 1.72 bits per heavy atom. The number of carbonyl (C=O) groups is 2. The number of aromatic nitrogens is 1. The number of nitrogens with zero attached hydrogens (tertiary/aromatic N) is 2. The molecule has 1 amide bonds. The topological polar surface area (TPSA) is 89.0 Å². The zero-order valence-electron chi connectivity index (χ0n) is 21.7. The highest BCUT2D eigenvalue weighted by Crippen LogP contribution is 2.42. The van der Waals surface area contributed by atoms with Crippen LogP contribution in [0.2, 0.25) is 0 Å². The third-order valence-corrected chi connectivity index (χ3v) is 6.50. The van der Waals surface area contributed by atoms with E-state index in [1.807, 2.05) is 44.2 Å². The first-order valence-corrected chi connectivity index (χ1v) is 12.7. The quantitative estimate of drug-likeness (QED) is 0.174. The maximum absolute atomic E-state index is 13.4. The molecule has 1 N–H and O–H groups in total. The highest BCUT2D eigenvalue weighted by atomic mass is 16.5. The summed E-state index contributed by atoms with van der Waals surface area (Å²) in [6.45, 7) is 4.59. The molecule has 7 nitrogen and oxygen atoms in total. The second-order valence-corrected chi connectivity index (χ2v) is 9.11. The van der Waals surface area contributed by atoms with Crippen molar-refractivity contribution in [2.24, 2.45) is 0 Å². The minimum absolute atomic E-state index is 0.0298. The van der Waals surface area contributed by atoms with Crippen molar-refractivity contribution in [3.8, 4) is 11.5 Å². The molecule has 2 heterocycles. The number of benzene rings is 3. The zero-order chi connectivity index (χ0) is 27.4. The minimum atomic E-state index is -0.919. The van der Waals surface area contributed by atoms with Gasteiger partial charge in [0, 0.05) is 23.5 Å². The highest BCUT2D eigenvalue weighted by Gasteiger charge is 2.47. The first kappa shape index (κ1) is 25.7. The van der Waals surface area contributed by atoms with Crippen molar-refractivity contribution in [2.45, 2.75) is 26.5 Å². The lowest BCUT2D eigenvalue weighted by atomic mass is 9.97. The van der Waals surface area contributed by atoms with Crippen LogP contribution < -0.4 is 14.4 Å². The number of rotatable bonds is 8. The van der Waals surface area contributed by atoms with Gasteiger partial charge in [0.2, 0.25) is 0 Å². The van der Waals surface area contributed by atoms with Gasteiger partial charge in [0.1, 0.15) is 29.9 Å². The number of amides is 1. The van der Waals surface area contributed by atoms with E-state index in [4.69, 9.17) is 9.47 Å². The smallest absolute Gasteiger partial charge is 0.300 e. The van der Waals surface area contributed by atoms with Crippen molar-refractivity contribution < 1.29 is 24.2 Å². The number of aryl methyl sites for hydroxylation is 1. The number of hydrogen-bond acceptors (Lipinski definition) is 6. The van der Waals surface area contributed by atoms with Gasteiger partial charge in [0.05, 0.1) is 17.9 Å². The van der Waals surface area contributed by atoms with Gasteiger partial charge in [-0.05, 0) is 67.4 Å². The lowest BCUT2D eigenvalue weighted by Crippen LogP contribution is -2.29. The van der Waals surface area contributed by atoms with Crippen LogP contribution in [0.4, 0.5) is 5.69 Å². The molecule has 0 radical (unpaired) electrons. The van der Waals surface area contributed by atoms with Crippen molar-refractivity contribution in [2.75, 3.05) is 11.5 Å². The third-order valence-electron chi connectivity index (χ3n) is 6.50. The van der Waals surface area contributed by atoms with E-state index >= 15 is 0 Å². The molecular weight excluding hydrogens is 492 g/mol. The van der Waals surface area contributed by atoms with Crippen LogP contribution in [0.1, 0.15) is 35.3 Å². The van der Waals surface area contributed by atoms with Crippen molar-refractivity contribution in [1.29, 1.82) is 0 Å². The summed E-state index contributed by atoms with van der Waals surface area (Å²) in [6.07, 6.45) is 1.59. The largest absolute Gasteiger partial charge is 0.507 e. The van der Waals surface area contributed by atoms with E-state index in [1.165, 1.54) is 4.90 Å². The van der Waals surface area contributed by atoms with Crippen LogP contribution in [0, 0.1) is 6.92 Å². The molecule has 0 spiro atoms. The molecule has 1 atom stereocenters. The predicted molar refractivity (Wildman–Crippen MR) is 149 cm³/mol. The first-order valence-electron chi connectivity index (χ1n) is 12.7. The molecule has 196 valence electrons. The van der Waals surface area contributed by atoms with Crippen molar-refractivity contribution >= 4 is 23.1 Å². The molecule has 0 saturated carbocycles. The molecule has 7 heteroatoms. The number of ketones is 1. The number of hydrogen-bond donors (Lipinski definition) is 1. The van der Waals surface area contributed by atoms with E-state index in [-0.39, 0.29) is 11.3 Å². The summed E-state index contributed by atoms with van der Waals surface area (Å²) >= 11 is 0. The predicted octanol–water partition coefficient (Wildman–Crippen LogP) is 5.99. The maximum Gasteiger partial charge on any atom is 0.300 e. The van der Waals surface area contributed by atoms with Gasteiger partial charge in [-0.15, -0.1) is 0 Å². The normalized spacial score (nSPS) is 16.4. The van der Waals surface area contributed by atoms with Crippen molar-refractivity contribution in [3.05, 3.63) is 125 Å². The van der Waals surface area contributed by atoms with Gasteiger partial charge in [-0.25, -0.2) is 0 Å². The van der Waals surface area contributed by atoms with Crippen LogP contribution >= 0.6 is 0 Å². The summed E-state index contributed by atoms with van der Waals surface area (Å²) in [7, 11) is 0. The van der Waals surface area contributed by atoms with Crippen LogP contribution in [0.3, 0.4) is 0 Å². The van der Waals surface area contributed by atoms with Crippen LogP contribution in [0.15, 0.2) is 103 Å². The lowest BCUT2D eigenvalue weighted by molar-refractivity contribution is -0.132. The molecule has 1 aromatic heterocycles.